The van der Waals surface area contributed by atoms with E-state index in [0.717, 1.165) is 5.69 Å². The molecule has 4 heteroatoms. The number of aromatic nitrogens is 1. The lowest BCUT2D eigenvalue weighted by molar-refractivity contribution is -0.123. The quantitative estimate of drug-likeness (QED) is 0.764. The molecule has 0 aliphatic carbocycles. The van der Waals surface area contributed by atoms with Crippen molar-refractivity contribution in [1.29, 1.82) is 0 Å². The number of nitrogens with one attached hydrogen (secondary N) is 1. The number of hydrogen-bond acceptors (Lipinski definition) is 2. The van der Waals surface area contributed by atoms with Crippen LogP contribution in [0.3, 0.4) is 0 Å². The highest BCUT2D eigenvalue weighted by Crippen LogP contribution is 2.01. The van der Waals surface area contributed by atoms with Gasteiger partial charge in [0.2, 0.25) is 5.91 Å². The summed E-state index contributed by atoms with van der Waals surface area (Å²) in [6.45, 7) is 4.41. The van der Waals surface area contributed by atoms with Crippen LogP contribution in [0.1, 0.15) is 19.5 Å². The molecule has 0 fully saturated rings. The molecule has 0 spiro atoms. The van der Waals surface area contributed by atoms with Gasteiger partial charge in [0.15, 0.2) is 0 Å². The van der Waals surface area contributed by atoms with Gasteiger partial charge in [-0.25, -0.2) is 0 Å². The predicted octanol–water partition coefficient (Wildman–Crippen LogP) is 0.625. The number of nitrogens with two attached hydrogens (primary N) is 1. The zero-order valence-electron chi connectivity index (χ0n) is 9.53. The molecule has 0 radical (unpaired) electrons. The molecule has 0 saturated carbocycles. The van der Waals surface area contributed by atoms with Crippen LogP contribution in [0.4, 0.5) is 0 Å². The second kappa shape index (κ2) is 4.98. The lowest BCUT2D eigenvalue weighted by Gasteiger charge is -2.15. The highest BCUT2D eigenvalue weighted by molar-refractivity contribution is 5.81. The zero-order valence-corrected chi connectivity index (χ0v) is 9.53. The Kier molecular flexibility index (Phi) is 3.91. The first-order valence-corrected chi connectivity index (χ1v) is 5.16. The first-order valence-electron chi connectivity index (χ1n) is 5.16. The van der Waals surface area contributed by atoms with Gasteiger partial charge in [-0.15, -0.1) is 0 Å². The summed E-state index contributed by atoms with van der Waals surface area (Å²) < 4.78 is 1.97. The van der Waals surface area contributed by atoms with Crippen molar-refractivity contribution in [3.8, 4) is 0 Å². The van der Waals surface area contributed by atoms with Crippen molar-refractivity contribution in [2.24, 2.45) is 18.7 Å². The van der Waals surface area contributed by atoms with Crippen LogP contribution >= 0.6 is 0 Å². The van der Waals surface area contributed by atoms with Gasteiger partial charge in [0.1, 0.15) is 0 Å². The van der Waals surface area contributed by atoms with Gasteiger partial charge in [0.25, 0.3) is 0 Å². The standard InChI is InChI=1S/C11H19N3O/c1-8(2)10(12)11(15)13-7-9-5-4-6-14(9)3/h4-6,8,10H,7,12H2,1-3H3,(H,13,15)/t10-/m1/s1. The number of nitrogens with zero attached hydrogens (tertiary/aromatic N) is 1. The molecule has 0 unspecified atom stereocenters. The average molecular weight is 209 g/mol. The van der Waals surface area contributed by atoms with Crippen molar-refractivity contribution in [3.63, 3.8) is 0 Å². The Labute approximate surface area is 90.5 Å². The van der Waals surface area contributed by atoms with Crippen LogP contribution in [0, 0.1) is 5.92 Å². The molecule has 3 N–H and O–H groups in total. The maximum Gasteiger partial charge on any atom is 0.237 e. The minimum atomic E-state index is -0.426. The van der Waals surface area contributed by atoms with Crippen LogP contribution in [0.25, 0.3) is 0 Å². The number of aryl methyl sites for hydroxylation is 1. The number of carbonyl (C=O) groups is 1. The molecule has 0 saturated heterocycles. The smallest absolute Gasteiger partial charge is 0.237 e. The Morgan fingerprint density at radius 3 is 2.73 bits per heavy atom. The Morgan fingerprint density at radius 2 is 2.27 bits per heavy atom. The molecule has 0 aliphatic heterocycles. The topological polar surface area (TPSA) is 60.1 Å². The number of hydrogen-bond donors (Lipinski definition) is 2. The number of amides is 1. The van der Waals surface area contributed by atoms with Gasteiger partial charge in [-0.05, 0) is 18.1 Å². The Bertz CT molecular complexity index is 330. The van der Waals surface area contributed by atoms with E-state index < -0.39 is 6.04 Å². The molecule has 1 amide bonds. The van der Waals surface area contributed by atoms with E-state index in [1.807, 2.05) is 43.8 Å². The molecule has 1 aromatic heterocycles. The van der Waals surface area contributed by atoms with Crippen LogP contribution in [0.2, 0.25) is 0 Å². The van der Waals surface area contributed by atoms with Gasteiger partial charge in [0.05, 0.1) is 12.6 Å². The zero-order chi connectivity index (χ0) is 11.4. The molecule has 15 heavy (non-hydrogen) atoms. The first-order chi connectivity index (χ1) is 7.02. The van der Waals surface area contributed by atoms with Gasteiger partial charge >= 0.3 is 0 Å². The van der Waals surface area contributed by atoms with Crippen LogP contribution in [-0.2, 0) is 18.4 Å². The summed E-state index contributed by atoms with van der Waals surface area (Å²) in [4.78, 5) is 11.5. The molecule has 0 aliphatic rings. The van der Waals surface area contributed by atoms with Gasteiger partial charge in [0, 0.05) is 18.9 Å². The van der Waals surface area contributed by atoms with E-state index in [2.05, 4.69) is 5.32 Å². The molecule has 0 aromatic carbocycles. The molecule has 0 bridgehead atoms. The fourth-order valence-electron chi connectivity index (χ4n) is 1.28. The van der Waals surface area contributed by atoms with E-state index in [1.54, 1.807) is 0 Å². The maximum atomic E-state index is 11.5. The third kappa shape index (κ3) is 3.09. The normalized spacial score (nSPS) is 12.9. The van der Waals surface area contributed by atoms with E-state index in [9.17, 15) is 4.79 Å². The molecule has 84 valence electrons. The molecule has 1 heterocycles. The van der Waals surface area contributed by atoms with Crippen LogP contribution in [0.15, 0.2) is 18.3 Å². The molecule has 4 nitrogen and oxygen atoms in total. The summed E-state index contributed by atoms with van der Waals surface area (Å²) in [5.74, 6) is 0.0737. The van der Waals surface area contributed by atoms with E-state index >= 15 is 0 Å². The number of carbonyl (C=O) groups excluding carboxylic acids is 1. The Morgan fingerprint density at radius 1 is 1.60 bits per heavy atom. The van der Waals surface area contributed by atoms with Gasteiger partial charge in [-0.2, -0.15) is 0 Å². The summed E-state index contributed by atoms with van der Waals surface area (Å²) in [6.07, 6.45) is 1.95. The monoisotopic (exact) mass is 209 g/mol. The fraction of sp³-hybridized carbons (Fsp3) is 0.545. The average Bonchev–Trinajstić information content (AvgIpc) is 2.59. The van der Waals surface area contributed by atoms with Gasteiger partial charge in [-0.1, -0.05) is 13.8 Å². The second-order valence-electron chi connectivity index (χ2n) is 4.10. The molecular formula is C11H19N3O. The first kappa shape index (κ1) is 11.8. The van der Waals surface area contributed by atoms with Crippen molar-refractivity contribution in [2.45, 2.75) is 26.4 Å². The molecule has 1 atom stereocenters. The summed E-state index contributed by atoms with van der Waals surface area (Å²) in [7, 11) is 1.95. The highest BCUT2D eigenvalue weighted by atomic mass is 16.2. The largest absolute Gasteiger partial charge is 0.353 e. The lowest BCUT2D eigenvalue weighted by atomic mass is 10.1. The van der Waals surface area contributed by atoms with E-state index in [1.165, 1.54) is 0 Å². The summed E-state index contributed by atoms with van der Waals surface area (Å²) >= 11 is 0. The summed E-state index contributed by atoms with van der Waals surface area (Å²) in [5.41, 5.74) is 6.79. The van der Waals surface area contributed by atoms with Crippen molar-refractivity contribution in [2.75, 3.05) is 0 Å². The predicted molar refractivity (Wildman–Crippen MR) is 60.1 cm³/mol. The Balaban J connectivity index is 2.44. The third-order valence-corrected chi connectivity index (χ3v) is 2.52. The second-order valence-corrected chi connectivity index (χ2v) is 4.10. The van der Waals surface area contributed by atoms with Crippen molar-refractivity contribution >= 4 is 5.91 Å². The number of rotatable bonds is 4. The summed E-state index contributed by atoms with van der Waals surface area (Å²) in [6, 6.07) is 3.50. The third-order valence-electron chi connectivity index (χ3n) is 2.52. The maximum absolute atomic E-state index is 11.5. The van der Waals surface area contributed by atoms with Crippen molar-refractivity contribution < 1.29 is 4.79 Å². The minimum Gasteiger partial charge on any atom is -0.353 e. The molecule has 1 rings (SSSR count). The van der Waals surface area contributed by atoms with Crippen LogP contribution in [-0.4, -0.2) is 16.5 Å². The van der Waals surface area contributed by atoms with E-state index in [0.29, 0.717) is 6.54 Å². The Hall–Kier alpha value is -1.29. The van der Waals surface area contributed by atoms with Crippen molar-refractivity contribution in [1.82, 2.24) is 9.88 Å². The fourth-order valence-corrected chi connectivity index (χ4v) is 1.28. The lowest BCUT2D eigenvalue weighted by Crippen LogP contribution is -2.43. The minimum absolute atomic E-state index is 0.0915. The molecular weight excluding hydrogens is 190 g/mol. The van der Waals surface area contributed by atoms with E-state index in [-0.39, 0.29) is 11.8 Å². The van der Waals surface area contributed by atoms with Gasteiger partial charge < -0.3 is 15.6 Å². The molecule has 1 aromatic rings. The summed E-state index contributed by atoms with van der Waals surface area (Å²) in [5, 5.41) is 2.82. The van der Waals surface area contributed by atoms with E-state index in [4.69, 9.17) is 5.73 Å². The van der Waals surface area contributed by atoms with Gasteiger partial charge in [-0.3, -0.25) is 4.79 Å². The van der Waals surface area contributed by atoms with Crippen LogP contribution in [0.5, 0.6) is 0 Å². The SMILES string of the molecule is CC(C)[C@@H](N)C(=O)NCc1cccn1C. The van der Waals surface area contributed by atoms with Crippen molar-refractivity contribution in [3.05, 3.63) is 24.0 Å². The van der Waals surface area contributed by atoms with Crippen LogP contribution < -0.4 is 11.1 Å². The highest BCUT2D eigenvalue weighted by Gasteiger charge is 2.16.